The van der Waals surface area contributed by atoms with E-state index in [0.29, 0.717) is 42.6 Å². The summed E-state index contributed by atoms with van der Waals surface area (Å²) in [6.07, 6.45) is 5.07. The maximum Gasteiger partial charge on any atom is 0.269 e. The van der Waals surface area contributed by atoms with Crippen molar-refractivity contribution in [2.45, 2.75) is 32.1 Å². The van der Waals surface area contributed by atoms with Crippen LogP contribution in [0.25, 0.3) is 0 Å². The van der Waals surface area contributed by atoms with Gasteiger partial charge >= 0.3 is 0 Å². The average Bonchev–Trinajstić information content (AvgIpc) is 3.05. The Labute approximate surface area is 129 Å². The minimum Gasteiger partial charge on any atom is -0.486 e. The van der Waals surface area contributed by atoms with Crippen LogP contribution >= 0.6 is 0 Å². The number of hydrogen-bond acceptors (Lipinski definition) is 4. The molecule has 22 heavy (non-hydrogen) atoms. The van der Waals surface area contributed by atoms with Crippen molar-refractivity contribution in [2.24, 2.45) is 5.92 Å². The van der Waals surface area contributed by atoms with Gasteiger partial charge < -0.3 is 9.47 Å². The number of nitrogens with one attached hydrogen (secondary N) is 2. The van der Waals surface area contributed by atoms with Crippen LogP contribution in [0, 0.1) is 5.92 Å². The first kappa shape index (κ1) is 14.7. The van der Waals surface area contributed by atoms with Gasteiger partial charge in [0.1, 0.15) is 13.2 Å². The van der Waals surface area contributed by atoms with Crippen molar-refractivity contribution in [3.8, 4) is 11.5 Å². The van der Waals surface area contributed by atoms with E-state index >= 15 is 0 Å². The van der Waals surface area contributed by atoms with E-state index in [1.165, 1.54) is 12.8 Å². The van der Waals surface area contributed by atoms with E-state index in [9.17, 15) is 9.59 Å². The second-order valence-electron chi connectivity index (χ2n) is 5.72. The number of rotatable bonds is 3. The third kappa shape index (κ3) is 3.50. The lowest BCUT2D eigenvalue weighted by molar-refractivity contribution is -0.122. The Hall–Kier alpha value is -2.24. The van der Waals surface area contributed by atoms with Crippen molar-refractivity contribution in [1.29, 1.82) is 0 Å². The van der Waals surface area contributed by atoms with E-state index in [-0.39, 0.29) is 11.8 Å². The van der Waals surface area contributed by atoms with Crippen molar-refractivity contribution in [2.75, 3.05) is 13.2 Å². The fourth-order valence-electron chi connectivity index (χ4n) is 2.91. The molecule has 118 valence electrons. The zero-order chi connectivity index (χ0) is 15.4. The van der Waals surface area contributed by atoms with Gasteiger partial charge in [0.05, 0.1) is 0 Å². The summed E-state index contributed by atoms with van der Waals surface area (Å²) >= 11 is 0. The average molecular weight is 304 g/mol. The van der Waals surface area contributed by atoms with Gasteiger partial charge in [-0.1, -0.05) is 12.8 Å². The molecule has 1 aliphatic heterocycles. The Bertz CT molecular complexity index is 567. The number of carbonyl (C=O) groups is 2. The SMILES string of the molecule is O=C(CC1CCCC1)NNC(=O)c1ccc2c(c1)OCCO2. The molecule has 1 saturated carbocycles. The Morgan fingerprint density at radius 2 is 1.77 bits per heavy atom. The van der Waals surface area contributed by atoms with Crippen LogP contribution < -0.4 is 20.3 Å². The van der Waals surface area contributed by atoms with E-state index in [4.69, 9.17) is 9.47 Å². The van der Waals surface area contributed by atoms with Gasteiger partial charge in [-0.15, -0.1) is 0 Å². The monoisotopic (exact) mass is 304 g/mol. The topological polar surface area (TPSA) is 76.7 Å². The number of fused-ring (bicyclic) bond motifs is 1. The number of hydrogen-bond donors (Lipinski definition) is 2. The van der Waals surface area contributed by atoms with Crippen molar-refractivity contribution in [3.05, 3.63) is 23.8 Å². The highest BCUT2D eigenvalue weighted by Crippen LogP contribution is 2.30. The predicted octanol–water partition coefficient (Wildman–Crippen LogP) is 1.80. The molecule has 0 unspecified atom stereocenters. The van der Waals surface area contributed by atoms with Gasteiger partial charge in [-0.25, -0.2) is 0 Å². The molecule has 6 nitrogen and oxygen atoms in total. The molecule has 1 aromatic carbocycles. The molecule has 0 spiro atoms. The maximum atomic E-state index is 12.0. The van der Waals surface area contributed by atoms with E-state index < -0.39 is 0 Å². The quantitative estimate of drug-likeness (QED) is 0.835. The summed E-state index contributed by atoms with van der Waals surface area (Å²) in [7, 11) is 0. The normalized spacial score (nSPS) is 17.1. The Balaban J connectivity index is 1.52. The lowest BCUT2D eigenvalue weighted by atomic mass is 10.0. The fraction of sp³-hybridized carbons (Fsp3) is 0.500. The zero-order valence-corrected chi connectivity index (χ0v) is 12.4. The molecule has 1 heterocycles. The van der Waals surface area contributed by atoms with Crippen molar-refractivity contribution >= 4 is 11.8 Å². The van der Waals surface area contributed by atoms with E-state index in [0.717, 1.165) is 12.8 Å². The molecule has 1 fully saturated rings. The molecular formula is C16H20N2O4. The van der Waals surface area contributed by atoms with Crippen LogP contribution in [0.4, 0.5) is 0 Å². The van der Waals surface area contributed by atoms with Gasteiger partial charge in [-0.3, -0.25) is 20.4 Å². The van der Waals surface area contributed by atoms with Gasteiger partial charge in [0.2, 0.25) is 5.91 Å². The fourth-order valence-corrected chi connectivity index (χ4v) is 2.91. The summed E-state index contributed by atoms with van der Waals surface area (Å²) in [5.41, 5.74) is 5.34. The Morgan fingerprint density at radius 1 is 1.05 bits per heavy atom. The molecule has 2 amide bonds. The highest BCUT2D eigenvalue weighted by atomic mass is 16.6. The number of amides is 2. The lowest BCUT2D eigenvalue weighted by Crippen LogP contribution is -2.42. The number of ether oxygens (including phenoxy) is 2. The summed E-state index contributed by atoms with van der Waals surface area (Å²) in [6.45, 7) is 0.978. The second kappa shape index (κ2) is 6.68. The first-order chi connectivity index (χ1) is 10.7. The molecule has 1 aromatic rings. The van der Waals surface area contributed by atoms with Gasteiger partial charge in [0.15, 0.2) is 11.5 Å². The molecule has 0 radical (unpaired) electrons. The molecule has 6 heteroatoms. The number of benzene rings is 1. The molecule has 0 aromatic heterocycles. The number of hydrazine groups is 1. The predicted molar refractivity (Wildman–Crippen MR) is 79.6 cm³/mol. The molecular weight excluding hydrogens is 284 g/mol. The first-order valence-corrected chi connectivity index (χ1v) is 7.71. The highest BCUT2D eigenvalue weighted by Gasteiger charge is 2.19. The standard InChI is InChI=1S/C16H20N2O4/c19-15(9-11-3-1-2-4-11)17-18-16(20)12-5-6-13-14(10-12)22-8-7-21-13/h5-6,10-11H,1-4,7-9H2,(H,17,19)(H,18,20). The minimum absolute atomic E-state index is 0.141. The van der Waals surface area contributed by atoms with Crippen molar-refractivity contribution in [3.63, 3.8) is 0 Å². The van der Waals surface area contributed by atoms with Crippen LogP contribution in [-0.2, 0) is 4.79 Å². The van der Waals surface area contributed by atoms with Gasteiger partial charge in [-0.2, -0.15) is 0 Å². The third-order valence-electron chi connectivity index (χ3n) is 4.07. The smallest absolute Gasteiger partial charge is 0.269 e. The highest BCUT2D eigenvalue weighted by molar-refractivity contribution is 5.96. The first-order valence-electron chi connectivity index (χ1n) is 7.71. The summed E-state index contributed by atoms with van der Waals surface area (Å²) in [5, 5.41) is 0. The number of carbonyl (C=O) groups excluding carboxylic acids is 2. The largest absolute Gasteiger partial charge is 0.486 e. The molecule has 2 N–H and O–H groups in total. The van der Waals surface area contributed by atoms with E-state index in [2.05, 4.69) is 10.9 Å². The van der Waals surface area contributed by atoms with Crippen molar-refractivity contribution in [1.82, 2.24) is 10.9 Å². The molecule has 3 rings (SSSR count). The molecule has 0 saturated heterocycles. The van der Waals surface area contributed by atoms with Gasteiger partial charge in [-0.05, 0) is 37.0 Å². The molecule has 0 bridgehead atoms. The van der Waals surface area contributed by atoms with Crippen molar-refractivity contribution < 1.29 is 19.1 Å². The summed E-state index contributed by atoms with van der Waals surface area (Å²) in [4.78, 5) is 23.8. The molecule has 0 atom stereocenters. The van der Waals surface area contributed by atoms with Crippen LogP contribution in [-0.4, -0.2) is 25.0 Å². The second-order valence-corrected chi connectivity index (χ2v) is 5.72. The minimum atomic E-state index is -0.364. The van der Waals surface area contributed by atoms with Crippen LogP contribution in [0.2, 0.25) is 0 Å². The molecule has 1 aliphatic carbocycles. The van der Waals surface area contributed by atoms with E-state index in [1.54, 1.807) is 18.2 Å². The van der Waals surface area contributed by atoms with Crippen LogP contribution in [0.5, 0.6) is 11.5 Å². The van der Waals surface area contributed by atoms with E-state index in [1.807, 2.05) is 0 Å². The maximum absolute atomic E-state index is 12.0. The summed E-state index contributed by atoms with van der Waals surface area (Å²) in [5.74, 6) is 1.13. The summed E-state index contributed by atoms with van der Waals surface area (Å²) in [6, 6.07) is 4.96. The van der Waals surface area contributed by atoms with Crippen LogP contribution in [0.1, 0.15) is 42.5 Å². The lowest BCUT2D eigenvalue weighted by Gasteiger charge is -2.18. The summed E-state index contributed by atoms with van der Waals surface area (Å²) < 4.78 is 10.8. The molecule has 2 aliphatic rings. The Kier molecular flexibility index (Phi) is 4.46. The van der Waals surface area contributed by atoms with Gasteiger partial charge in [0, 0.05) is 12.0 Å². The van der Waals surface area contributed by atoms with Crippen LogP contribution in [0.3, 0.4) is 0 Å². The third-order valence-corrected chi connectivity index (χ3v) is 4.07. The van der Waals surface area contributed by atoms with Crippen LogP contribution in [0.15, 0.2) is 18.2 Å². The van der Waals surface area contributed by atoms with Gasteiger partial charge in [0.25, 0.3) is 5.91 Å². The zero-order valence-electron chi connectivity index (χ0n) is 12.4. The Morgan fingerprint density at radius 3 is 2.55 bits per heavy atom.